The van der Waals surface area contributed by atoms with Crippen LogP contribution in [0.4, 0.5) is 11.5 Å². The standard InChI is InChI=1S/C23H26N4O3S/c1-26(19-10-4-2-5-11-19)31(29,30)21-14-8-9-18(17-21)23(28)25-22-15-16-24-27(22)20-12-6-3-7-13-20/h2,4-5,8-11,14-17,20H,3,6-7,12-13H2,1H3,(H,25,28). The highest BCUT2D eigenvalue weighted by Crippen LogP contribution is 2.30. The van der Waals surface area contributed by atoms with Crippen molar-refractivity contribution in [2.45, 2.75) is 43.0 Å². The molecule has 0 spiro atoms. The minimum absolute atomic E-state index is 0.0623. The quantitative estimate of drug-likeness (QED) is 0.616. The maximum absolute atomic E-state index is 13.1. The van der Waals surface area contributed by atoms with Crippen LogP contribution < -0.4 is 9.62 Å². The fourth-order valence-corrected chi connectivity index (χ4v) is 5.19. The number of nitrogens with one attached hydrogen (secondary N) is 1. The Hall–Kier alpha value is -3.13. The van der Waals surface area contributed by atoms with Crippen molar-refractivity contribution < 1.29 is 13.2 Å². The molecule has 31 heavy (non-hydrogen) atoms. The van der Waals surface area contributed by atoms with Crippen LogP contribution in [-0.2, 0) is 10.0 Å². The minimum Gasteiger partial charge on any atom is -0.307 e. The van der Waals surface area contributed by atoms with E-state index in [-0.39, 0.29) is 22.4 Å². The van der Waals surface area contributed by atoms with Gasteiger partial charge in [0.05, 0.1) is 22.8 Å². The molecule has 1 amide bonds. The summed E-state index contributed by atoms with van der Waals surface area (Å²) >= 11 is 0. The van der Waals surface area contributed by atoms with E-state index >= 15 is 0 Å². The summed E-state index contributed by atoms with van der Waals surface area (Å²) in [6, 6.07) is 17.0. The number of para-hydroxylation sites is 1. The summed E-state index contributed by atoms with van der Waals surface area (Å²) in [5.74, 6) is 0.267. The molecule has 0 radical (unpaired) electrons. The molecule has 0 aliphatic heterocycles. The van der Waals surface area contributed by atoms with Crippen molar-refractivity contribution in [1.82, 2.24) is 9.78 Å². The number of hydrogen-bond donors (Lipinski definition) is 1. The van der Waals surface area contributed by atoms with Crippen LogP contribution in [0, 0.1) is 0 Å². The first-order valence-electron chi connectivity index (χ1n) is 10.5. The lowest BCUT2D eigenvalue weighted by Crippen LogP contribution is -2.27. The van der Waals surface area contributed by atoms with Crippen LogP contribution >= 0.6 is 0 Å². The number of sulfonamides is 1. The lowest BCUT2D eigenvalue weighted by atomic mass is 9.96. The number of anilines is 2. The van der Waals surface area contributed by atoms with Gasteiger partial charge in [-0.2, -0.15) is 5.10 Å². The Balaban J connectivity index is 1.55. The highest BCUT2D eigenvalue weighted by Gasteiger charge is 2.23. The molecule has 1 saturated carbocycles. The summed E-state index contributed by atoms with van der Waals surface area (Å²) in [4.78, 5) is 13.0. The van der Waals surface area contributed by atoms with Gasteiger partial charge >= 0.3 is 0 Å². The third kappa shape index (κ3) is 4.49. The van der Waals surface area contributed by atoms with Crippen LogP contribution in [0.15, 0.2) is 71.8 Å². The molecule has 0 bridgehead atoms. The number of rotatable bonds is 6. The SMILES string of the molecule is CN(c1ccccc1)S(=O)(=O)c1cccc(C(=O)Nc2ccnn2C2CCCCC2)c1. The molecule has 162 valence electrons. The van der Waals surface area contributed by atoms with E-state index in [0.29, 0.717) is 11.5 Å². The summed E-state index contributed by atoms with van der Waals surface area (Å²) in [6.45, 7) is 0. The van der Waals surface area contributed by atoms with Gasteiger partial charge in [-0.1, -0.05) is 43.5 Å². The van der Waals surface area contributed by atoms with Gasteiger partial charge in [-0.3, -0.25) is 9.10 Å². The van der Waals surface area contributed by atoms with E-state index in [4.69, 9.17) is 0 Å². The van der Waals surface area contributed by atoms with Gasteiger partial charge in [-0.25, -0.2) is 13.1 Å². The second-order valence-corrected chi connectivity index (χ2v) is 9.71. The number of carbonyl (C=O) groups is 1. The van der Waals surface area contributed by atoms with Crippen LogP contribution in [0.25, 0.3) is 0 Å². The lowest BCUT2D eigenvalue weighted by molar-refractivity contribution is 0.102. The summed E-state index contributed by atoms with van der Waals surface area (Å²) in [7, 11) is -2.30. The van der Waals surface area contributed by atoms with Gasteiger partial charge in [0.1, 0.15) is 5.82 Å². The largest absolute Gasteiger partial charge is 0.307 e. The molecule has 4 rings (SSSR count). The Morgan fingerprint density at radius 1 is 1.03 bits per heavy atom. The average Bonchev–Trinajstić information content (AvgIpc) is 3.28. The Morgan fingerprint density at radius 3 is 2.52 bits per heavy atom. The van der Waals surface area contributed by atoms with Crippen molar-refractivity contribution in [2.75, 3.05) is 16.7 Å². The number of benzene rings is 2. The molecule has 1 aromatic heterocycles. The van der Waals surface area contributed by atoms with E-state index < -0.39 is 10.0 Å². The molecule has 1 heterocycles. The number of aromatic nitrogens is 2. The molecule has 1 aliphatic carbocycles. The Kier molecular flexibility index (Phi) is 6.08. The van der Waals surface area contributed by atoms with Crippen molar-refractivity contribution >= 4 is 27.4 Å². The Labute approximate surface area is 182 Å². The second kappa shape index (κ2) is 8.93. The van der Waals surface area contributed by atoms with Crippen molar-refractivity contribution in [2.24, 2.45) is 0 Å². The van der Waals surface area contributed by atoms with Gasteiger partial charge in [-0.15, -0.1) is 0 Å². The van der Waals surface area contributed by atoms with E-state index in [0.717, 1.165) is 25.7 Å². The number of carbonyl (C=O) groups excluding carboxylic acids is 1. The van der Waals surface area contributed by atoms with E-state index in [1.807, 2.05) is 10.7 Å². The molecule has 7 nitrogen and oxygen atoms in total. The lowest BCUT2D eigenvalue weighted by Gasteiger charge is -2.24. The average molecular weight is 439 g/mol. The predicted octanol–water partition coefficient (Wildman–Crippen LogP) is 4.47. The fourth-order valence-electron chi connectivity index (χ4n) is 3.95. The zero-order valence-corrected chi connectivity index (χ0v) is 18.3. The third-order valence-corrected chi connectivity index (χ3v) is 7.49. The zero-order chi connectivity index (χ0) is 21.8. The summed E-state index contributed by atoms with van der Waals surface area (Å²) < 4.78 is 29.2. The second-order valence-electron chi connectivity index (χ2n) is 7.74. The Morgan fingerprint density at radius 2 is 1.77 bits per heavy atom. The highest BCUT2D eigenvalue weighted by atomic mass is 32.2. The first-order chi connectivity index (χ1) is 15.0. The van der Waals surface area contributed by atoms with Gasteiger partial charge in [-0.05, 0) is 43.2 Å². The molecular weight excluding hydrogens is 412 g/mol. The molecular formula is C23H26N4O3S. The summed E-state index contributed by atoms with van der Waals surface area (Å²) in [5, 5.41) is 7.30. The topological polar surface area (TPSA) is 84.3 Å². The van der Waals surface area contributed by atoms with Crippen LogP contribution in [-0.4, -0.2) is 31.2 Å². The van der Waals surface area contributed by atoms with Crippen LogP contribution in [0.3, 0.4) is 0 Å². The number of hydrogen-bond acceptors (Lipinski definition) is 4. The molecule has 2 aromatic carbocycles. The van der Waals surface area contributed by atoms with Gasteiger partial charge in [0.25, 0.3) is 15.9 Å². The van der Waals surface area contributed by atoms with Crippen molar-refractivity contribution in [3.05, 3.63) is 72.4 Å². The van der Waals surface area contributed by atoms with Crippen LogP contribution in [0.2, 0.25) is 0 Å². The van der Waals surface area contributed by atoms with Crippen LogP contribution in [0.5, 0.6) is 0 Å². The van der Waals surface area contributed by atoms with Gasteiger partial charge in [0.2, 0.25) is 0 Å². The fraction of sp³-hybridized carbons (Fsp3) is 0.304. The maximum Gasteiger partial charge on any atom is 0.264 e. The van der Waals surface area contributed by atoms with E-state index in [1.165, 1.54) is 29.9 Å². The van der Waals surface area contributed by atoms with Crippen molar-refractivity contribution in [3.63, 3.8) is 0 Å². The molecule has 8 heteroatoms. The Bertz CT molecular complexity index is 1150. The van der Waals surface area contributed by atoms with Gasteiger partial charge < -0.3 is 5.32 Å². The smallest absolute Gasteiger partial charge is 0.264 e. The molecule has 1 aliphatic rings. The van der Waals surface area contributed by atoms with Crippen LogP contribution in [0.1, 0.15) is 48.5 Å². The zero-order valence-electron chi connectivity index (χ0n) is 17.4. The first kappa shape index (κ1) is 21.1. The van der Waals surface area contributed by atoms with Crippen molar-refractivity contribution in [1.29, 1.82) is 0 Å². The summed E-state index contributed by atoms with van der Waals surface area (Å²) in [6.07, 6.45) is 7.33. The number of amides is 1. The normalized spacial score (nSPS) is 14.9. The molecule has 0 atom stereocenters. The monoisotopic (exact) mass is 438 g/mol. The molecule has 3 aromatic rings. The minimum atomic E-state index is -3.80. The van der Waals surface area contributed by atoms with Gasteiger partial charge in [0, 0.05) is 18.7 Å². The van der Waals surface area contributed by atoms with E-state index in [1.54, 1.807) is 48.7 Å². The van der Waals surface area contributed by atoms with Gasteiger partial charge in [0.15, 0.2) is 0 Å². The van der Waals surface area contributed by atoms with E-state index in [2.05, 4.69) is 10.4 Å². The molecule has 0 unspecified atom stereocenters. The van der Waals surface area contributed by atoms with Crippen molar-refractivity contribution in [3.8, 4) is 0 Å². The first-order valence-corrected chi connectivity index (χ1v) is 11.9. The van der Waals surface area contributed by atoms with E-state index in [9.17, 15) is 13.2 Å². The third-order valence-electron chi connectivity index (χ3n) is 5.71. The molecule has 1 fully saturated rings. The number of nitrogens with zero attached hydrogens (tertiary/aromatic N) is 3. The predicted molar refractivity (Wildman–Crippen MR) is 121 cm³/mol. The molecule has 1 N–H and O–H groups in total. The summed E-state index contributed by atoms with van der Waals surface area (Å²) in [5.41, 5.74) is 0.827. The molecule has 0 saturated heterocycles. The maximum atomic E-state index is 13.1. The highest BCUT2D eigenvalue weighted by molar-refractivity contribution is 7.92.